The lowest BCUT2D eigenvalue weighted by Gasteiger charge is -1.98. The Morgan fingerprint density at radius 1 is 1.53 bits per heavy atom. The first kappa shape index (κ1) is 13.5. The van der Waals surface area contributed by atoms with Gasteiger partial charge in [0.15, 0.2) is 0 Å². The summed E-state index contributed by atoms with van der Waals surface area (Å²) in [5.41, 5.74) is 0.902. The van der Waals surface area contributed by atoms with E-state index >= 15 is 0 Å². The molecule has 0 aliphatic rings. The Hall–Kier alpha value is -1.88. The highest BCUT2D eigenvalue weighted by atomic mass is 35.5. The Morgan fingerprint density at radius 2 is 2.26 bits per heavy atom. The quantitative estimate of drug-likeness (QED) is 0.807. The predicted octanol–water partition coefficient (Wildman–Crippen LogP) is 3.62. The third-order valence-electron chi connectivity index (χ3n) is 2.42. The number of benzene rings is 1. The summed E-state index contributed by atoms with van der Waals surface area (Å²) in [6, 6.07) is 4.07. The van der Waals surface area contributed by atoms with Gasteiger partial charge in [-0.05, 0) is 32.0 Å². The van der Waals surface area contributed by atoms with Crippen LogP contribution in [0.3, 0.4) is 0 Å². The van der Waals surface area contributed by atoms with Crippen LogP contribution in [-0.4, -0.2) is 17.6 Å². The summed E-state index contributed by atoms with van der Waals surface area (Å²) in [5, 5.41) is -0.0361. The number of hydrogen-bond acceptors (Lipinski definition) is 4. The normalized spacial score (nSPS) is 10.5. The molecule has 0 aliphatic carbocycles. The number of ether oxygens (including phenoxy) is 1. The van der Waals surface area contributed by atoms with E-state index in [0.29, 0.717) is 11.3 Å². The summed E-state index contributed by atoms with van der Waals surface area (Å²) in [6.07, 6.45) is 0. The van der Waals surface area contributed by atoms with E-state index in [4.69, 9.17) is 20.8 Å². The zero-order chi connectivity index (χ0) is 14.0. The van der Waals surface area contributed by atoms with E-state index in [1.807, 2.05) is 0 Å². The van der Waals surface area contributed by atoms with Gasteiger partial charge in [0.25, 0.3) is 0 Å². The summed E-state index contributed by atoms with van der Waals surface area (Å²) in [5.74, 6) is -0.869. The zero-order valence-corrected chi connectivity index (χ0v) is 11.1. The number of carbonyl (C=O) groups is 1. The Balaban J connectivity index is 2.38. The van der Waals surface area contributed by atoms with Crippen LogP contribution >= 0.6 is 11.6 Å². The lowest BCUT2D eigenvalue weighted by Crippen LogP contribution is -2.04. The second kappa shape index (κ2) is 5.40. The summed E-state index contributed by atoms with van der Waals surface area (Å²) in [4.78, 5) is 15.7. The summed E-state index contributed by atoms with van der Waals surface area (Å²) >= 11 is 5.69. The van der Waals surface area contributed by atoms with Crippen molar-refractivity contribution in [1.82, 2.24) is 4.98 Å². The minimum Gasteiger partial charge on any atom is -0.460 e. The highest BCUT2D eigenvalue weighted by Gasteiger charge is 2.19. The van der Waals surface area contributed by atoms with Crippen molar-refractivity contribution in [2.24, 2.45) is 0 Å². The molecule has 1 heterocycles. The highest BCUT2D eigenvalue weighted by Crippen LogP contribution is 2.26. The maximum absolute atomic E-state index is 13.1. The standard InChI is InChI=1S/C13H11ClFNO3/c1-3-18-13(17)11-7(2)16-12(19-11)8-4-5-10(15)9(14)6-8/h4-6H,3H2,1-2H3. The third-order valence-corrected chi connectivity index (χ3v) is 2.71. The molecule has 100 valence electrons. The van der Waals surface area contributed by atoms with Crippen molar-refractivity contribution in [2.75, 3.05) is 6.61 Å². The van der Waals surface area contributed by atoms with E-state index in [0.717, 1.165) is 0 Å². The van der Waals surface area contributed by atoms with Gasteiger partial charge in [-0.1, -0.05) is 11.6 Å². The molecule has 19 heavy (non-hydrogen) atoms. The van der Waals surface area contributed by atoms with Gasteiger partial charge in [-0.2, -0.15) is 0 Å². The van der Waals surface area contributed by atoms with E-state index in [9.17, 15) is 9.18 Å². The number of aryl methyl sites for hydroxylation is 1. The van der Waals surface area contributed by atoms with Crippen LogP contribution in [0.2, 0.25) is 5.02 Å². The van der Waals surface area contributed by atoms with Crippen molar-refractivity contribution in [3.05, 3.63) is 40.5 Å². The van der Waals surface area contributed by atoms with Crippen LogP contribution in [0.15, 0.2) is 22.6 Å². The summed E-state index contributed by atoms with van der Waals surface area (Å²) in [6.45, 7) is 3.57. The average Bonchev–Trinajstić information content (AvgIpc) is 2.75. The Labute approximate surface area is 114 Å². The monoisotopic (exact) mass is 283 g/mol. The molecule has 2 aromatic rings. The van der Waals surface area contributed by atoms with Crippen molar-refractivity contribution in [1.29, 1.82) is 0 Å². The van der Waals surface area contributed by atoms with Crippen LogP contribution < -0.4 is 0 Å². The number of nitrogens with zero attached hydrogens (tertiary/aromatic N) is 1. The van der Waals surface area contributed by atoms with Crippen LogP contribution in [0.4, 0.5) is 4.39 Å². The fourth-order valence-corrected chi connectivity index (χ4v) is 1.72. The highest BCUT2D eigenvalue weighted by molar-refractivity contribution is 6.31. The summed E-state index contributed by atoms with van der Waals surface area (Å²) in [7, 11) is 0. The van der Waals surface area contributed by atoms with Crippen LogP contribution in [0, 0.1) is 12.7 Å². The topological polar surface area (TPSA) is 52.3 Å². The van der Waals surface area contributed by atoms with Crippen molar-refractivity contribution in [3.63, 3.8) is 0 Å². The molecule has 1 aromatic carbocycles. The fraction of sp³-hybridized carbons (Fsp3) is 0.231. The van der Waals surface area contributed by atoms with Gasteiger partial charge in [0, 0.05) is 5.56 Å². The summed E-state index contributed by atoms with van der Waals surface area (Å²) < 4.78 is 23.3. The number of carbonyl (C=O) groups excluding carboxylic acids is 1. The van der Waals surface area contributed by atoms with Crippen LogP contribution in [0.1, 0.15) is 23.2 Å². The van der Waals surface area contributed by atoms with Gasteiger partial charge < -0.3 is 9.15 Å². The first-order valence-corrected chi connectivity index (χ1v) is 6.00. The molecule has 0 saturated heterocycles. The molecule has 0 fully saturated rings. The van der Waals surface area contributed by atoms with Gasteiger partial charge in [-0.3, -0.25) is 0 Å². The number of hydrogen-bond donors (Lipinski definition) is 0. The van der Waals surface area contributed by atoms with E-state index in [2.05, 4.69) is 4.98 Å². The molecule has 1 aromatic heterocycles. The molecule has 0 radical (unpaired) electrons. The molecule has 0 saturated carbocycles. The Kier molecular flexibility index (Phi) is 3.85. The van der Waals surface area contributed by atoms with Crippen LogP contribution in [0.5, 0.6) is 0 Å². The minimum absolute atomic E-state index is 0.0361. The maximum atomic E-state index is 13.1. The predicted molar refractivity (Wildman–Crippen MR) is 67.6 cm³/mol. The molecule has 0 bridgehead atoms. The van der Waals surface area contributed by atoms with Gasteiger partial charge in [0.1, 0.15) is 5.82 Å². The molecule has 0 atom stereocenters. The minimum atomic E-state index is -0.577. The number of halogens is 2. The van der Waals surface area contributed by atoms with E-state index in [1.54, 1.807) is 13.8 Å². The lowest BCUT2D eigenvalue weighted by molar-refractivity contribution is 0.0490. The lowest BCUT2D eigenvalue weighted by atomic mass is 10.2. The molecular formula is C13H11ClFNO3. The van der Waals surface area contributed by atoms with Crippen molar-refractivity contribution < 1.29 is 18.3 Å². The van der Waals surface area contributed by atoms with Gasteiger partial charge >= 0.3 is 5.97 Å². The third kappa shape index (κ3) is 2.76. The van der Waals surface area contributed by atoms with Crippen LogP contribution in [-0.2, 0) is 4.74 Å². The first-order valence-electron chi connectivity index (χ1n) is 5.63. The molecule has 0 amide bonds. The van der Waals surface area contributed by atoms with Crippen molar-refractivity contribution in [3.8, 4) is 11.5 Å². The SMILES string of the molecule is CCOC(=O)c1oc(-c2ccc(F)c(Cl)c2)nc1C. The average molecular weight is 284 g/mol. The number of oxazole rings is 1. The molecule has 2 rings (SSSR count). The van der Waals surface area contributed by atoms with Crippen LogP contribution in [0.25, 0.3) is 11.5 Å². The zero-order valence-electron chi connectivity index (χ0n) is 10.4. The molecule has 0 unspecified atom stereocenters. The molecule has 6 heteroatoms. The first-order chi connectivity index (χ1) is 9.02. The Morgan fingerprint density at radius 3 is 2.89 bits per heavy atom. The van der Waals surface area contributed by atoms with Gasteiger partial charge in [0.2, 0.25) is 11.7 Å². The molecule has 4 nitrogen and oxygen atoms in total. The van der Waals surface area contributed by atoms with E-state index < -0.39 is 11.8 Å². The fourth-order valence-electron chi connectivity index (χ4n) is 1.54. The molecule has 0 aliphatic heterocycles. The smallest absolute Gasteiger partial charge is 0.376 e. The molecule has 0 N–H and O–H groups in total. The van der Waals surface area contributed by atoms with E-state index in [-0.39, 0.29) is 23.3 Å². The second-order valence-electron chi connectivity index (χ2n) is 3.78. The van der Waals surface area contributed by atoms with Gasteiger partial charge in [-0.15, -0.1) is 0 Å². The van der Waals surface area contributed by atoms with Gasteiger partial charge in [-0.25, -0.2) is 14.2 Å². The molecule has 0 spiro atoms. The van der Waals surface area contributed by atoms with Gasteiger partial charge in [0.05, 0.1) is 17.3 Å². The number of rotatable bonds is 3. The number of esters is 1. The van der Waals surface area contributed by atoms with Crippen molar-refractivity contribution in [2.45, 2.75) is 13.8 Å². The van der Waals surface area contributed by atoms with Crippen molar-refractivity contribution >= 4 is 17.6 Å². The second-order valence-corrected chi connectivity index (χ2v) is 4.19. The van der Waals surface area contributed by atoms with E-state index in [1.165, 1.54) is 18.2 Å². The Bertz CT molecular complexity index is 624. The molecular weight excluding hydrogens is 273 g/mol. The number of aromatic nitrogens is 1. The largest absolute Gasteiger partial charge is 0.460 e. The maximum Gasteiger partial charge on any atom is 0.376 e.